The van der Waals surface area contributed by atoms with E-state index >= 15 is 0 Å². The number of nitrogens with two attached hydrogens (primary N) is 2. The lowest BCUT2D eigenvalue weighted by atomic mass is 9.94. The Morgan fingerprint density at radius 3 is 2.74 bits per heavy atom. The molecule has 1 unspecified atom stereocenters. The van der Waals surface area contributed by atoms with E-state index in [9.17, 15) is 4.79 Å². The number of hydrogen-bond acceptors (Lipinski definition) is 4. The van der Waals surface area contributed by atoms with Gasteiger partial charge < -0.3 is 16.8 Å². The highest BCUT2D eigenvalue weighted by molar-refractivity contribution is 5.99. The Morgan fingerprint density at radius 2 is 2.00 bits per heavy atom. The molecule has 3 aromatic rings. The zero-order valence-electron chi connectivity index (χ0n) is 12.6. The first-order valence-corrected chi connectivity index (χ1v) is 7.48. The number of nitrogens with one attached hydrogen (secondary N) is 2. The highest BCUT2D eigenvalue weighted by atomic mass is 16.1. The van der Waals surface area contributed by atoms with Gasteiger partial charge in [-0.1, -0.05) is 30.3 Å². The number of nitrogens with zero attached hydrogens (tertiary/aromatic N) is 1. The number of H-pyrrole nitrogens is 1. The van der Waals surface area contributed by atoms with Crippen molar-refractivity contribution in [2.24, 2.45) is 5.73 Å². The van der Waals surface area contributed by atoms with Crippen LogP contribution in [0.2, 0.25) is 0 Å². The van der Waals surface area contributed by atoms with Crippen LogP contribution < -0.4 is 16.8 Å². The summed E-state index contributed by atoms with van der Waals surface area (Å²) in [7, 11) is 0. The van der Waals surface area contributed by atoms with E-state index in [1.807, 2.05) is 48.5 Å². The first kappa shape index (κ1) is 15.1. The van der Waals surface area contributed by atoms with Crippen molar-refractivity contribution < 1.29 is 4.79 Å². The van der Waals surface area contributed by atoms with Gasteiger partial charge in [0.15, 0.2) is 5.82 Å². The number of fused-ring (bicyclic) bond motifs is 1. The minimum atomic E-state index is -0.279. The third kappa shape index (κ3) is 3.17. The Balaban J connectivity index is 1.84. The van der Waals surface area contributed by atoms with Gasteiger partial charge in [0.05, 0.1) is 11.4 Å². The summed E-state index contributed by atoms with van der Waals surface area (Å²) < 4.78 is 0. The number of nitrogen functional groups attached to an aromatic ring is 1. The quantitative estimate of drug-likeness (QED) is 0.579. The summed E-state index contributed by atoms with van der Waals surface area (Å²) in [4.78, 5) is 12.6. The molecule has 118 valence electrons. The van der Waals surface area contributed by atoms with Crippen molar-refractivity contribution >= 4 is 28.3 Å². The molecule has 0 aliphatic heterocycles. The van der Waals surface area contributed by atoms with Crippen LogP contribution in [0.15, 0.2) is 48.5 Å². The fourth-order valence-electron chi connectivity index (χ4n) is 2.64. The third-order valence-corrected chi connectivity index (χ3v) is 3.83. The van der Waals surface area contributed by atoms with Crippen molar-refractivity contribution in [3.8, 4) is 0 Å². The van der Waals surface area contributed by atoms with Crippen LogP contribution in [0, 0.1) is 0 Å². The van der Waals surface area contributed by atoms with Crippen molar-refractivity contribution in [1.82, 2.24) is 10.2 Å². The third-order valence-electron chi connectivity index (χ3n) is 3.83. The SMILES string of the molecule is NCCC(C(=O)Nc1ccc2[nH]nc(N)c2c1)c1ccccc1. The summed E-state index contributed by atoms with van der Waals surface area (Å²) in [6, 6.07) is 15.1. The number of rotatable bonds is 5. The minimum absolute atomic E-state index is 0.0805. The van der Waals surface area contributed by atoms with Crippen molar-refractivity contribution in [3.63, 3.8) is 0 Å². The summed E-state index contributed by atoms with van der Waals surface area (Å²) in [6.07, 6.45) is 0.589. The fraction of sp³-hybridized carbons (Fsp3) is 0.176. The maximum absolute atomic E-state index is 12.6. The number of hydrogen-bond donors (Lipinski definition) is 4. The largest absolute Gasteiger partial charge is 0.382 e. The molecule has 23 heavy (non-hydrogen) atoms. The van der Waals surface area contributed by atoms with E-state index < -0.39 is 0 Å². The molecule has 0 aliphatic carbocycles. The van der Waals surface area contributed by atoms with E-state index in [2.05, 4.69) is 15.5 Å². The number of amides is 1. The molecule has 0 saturated heterocycles. The molecule has 0 fully saturated rings. The number of anilines is 2. The van der Waals surface area contributed by atoms with Crippen LogP contribution in [0.25, 0.3) is 10.9 Å². The Hall–Kier alpha value is -2.86. The smallest absolute Gasteiger partial charge is 0.231 e. The second-order valence-corrected chi connectivity index (χ2v) is 5.40. The number of carbonyl (C=O) groups is 1. The molecular weight excluding hydrogens is 290 g/mol. The maximum atomic E-state index is 12.6. The van der Waals surface area contributed by atoms with Crippen LogP contribution in [0.4, 0.5) is 11.5 Å². The Kier molecular flexibility index (Phi) is 4.25. The second-order valence-electron chi connectivity index (χ2n) is 5.40. The number of aromatic nitrogens is 2. The average Bonchev–Trinajstić information content (AvgIpc) is 2.94. The van der Waals surface area contributed by atoms with Crippen molar-refractivity contribution in [1.29, 1.82) is 0 Å². The first-order chi connectivity index (χ1) is 11.2. The van der Waals surface area contributed by atoms with Gasteiger partial charge in [0.2, 0.25) is 5.91 Å². The van der Waals surface area contributed by atoms with Gasteiger partial charge >= 0.3 is 0 Å². The van der Waals surface area contributed by atoms with Crippen LogP contribution in [0.3, 0.4) is 0 Å². The Labute approximate surface area is 133 Å². The highest BCUT2D eigenvalue weighted by Gasteiger charge is 2.20. The zero-order valence-corrected chi connectivity index (χ0v) is 12.6. The van der Waals surface area contributed by atoms with Crippen LogP contribution in [-0.2, 0) is 4.79 Å². The summed E-state index contributed by atoms with van der Waals surface area (Å²) in [6.45, 7) is 0.445. The predicted octanol–water partition coefficient (Wildman–Crippen LogP) is 2.22. The van der Waals surface area contributed by atoms with Gasteiger partial charge in [-0.25, -0.2) is 0 Å². The van der Waals surface area contributed by atoms with Gasteiger partial charge in [-0.2, -0.15) is 5.10 Å². The number of benzene rings is 2. The molecule has 6 N–H and O–H groups in total. The summed E-state index contributed by atoms with van der Waals surface area (Å²) >= 11 is 0. The van der Waals surface area contributed by atoms with E-state index in [0.29, 0.717) is 24.5 Å². The summed E-state index contributed by atoms with van der Waals surface area (Å²) in [5.41, 5.74) is 14.0. The van der Waals surface area contributed by atoms with E-state index in [0.717, 1.165) is 16.5 Å². The molecule has 2 aromatic carbocycles. The van der Waals surface area contributed by atoms with Crippen LogP contribution in [0.5, 0.6) is 0 Å². The molecule has 0 aliphatic rings. The van der Waals surface area contributed by atoms with Gasteiger partial charge in [0, 0.05) is 11.1 Å². The zero-order chi connectivity index (χ0) is 16.2. The number of carbonyl (C=O) groups excluding carboxylic acids is 1. The van der Waals surface area contributed by atoms with Gasteiger partial charge in [-0.15, -0.1) is 0 Å². The van der Waals surface area contributed by atoms with Crippen LogP contribution in [-0.4, -0.2) is 22.6 Å². The molecular formula is C17H19N5O. The molecule has 0 radical (unpaired) electrons. The van der Waals surface area contributed by atoms with Gasteiger partial charge in [0.1, 0.15) is 0 Å². The van der Waals surface area contributed by atoms with Crippen LogP contribution >= 0.6 is 0 Å². The van der Waals surface area contributed by atoms with Crippen molar-refractivity contribution in [2.75, 3.05) is 17.6 Å². The fourth-order valence-corrected chi connectivity index (χ4v) is 2.64. The summed E-state index contributed by atoms with van der Waals surface area (Å²) in [5.74, 6) is 0.0549. The normalized spacial score (nSPS) is 12.2. The molecule has 1 atom stereocenters. The van der Waals surface area contributed by atoms with Gasteiger partial charge in [0.25, 0.3) is 0 Å². The lowest BCUT2D eigenvalue weighted by Crippen LogP contribution is -2.23. The van der Waals surface area contributed by atoms with Crippen molar-refractivity contribution in [2.45, 2.75) is 12.3 Å². The maximum Gasteiger partial charge on any atom is 0.231 e. The molecule has 0 spiro atoms. The predicted molar refractivity (Wildman–Crippen MR) is 92.0 cm³/mol. The minimum Gasteiger partial charge on any atom is -0.382 e. The lowest BCUT2D eigenvalue weighted by Gasteiger charge is -2.16. The standard InChI is InChI=1S/C17H19N5O/c18-9-8-13(11-4-2-1-3-5-11)17(23)20-12-6-7-15-14(10-12)16(19)22-21-15/h1-7,10,13H,8-9,18H2,(H,20,23)(H3,19,21,22). The molecule has 1 heterocycles. The average molecular weight is 309 g/mol. The molecule has 1 aromatic heterocycles. The molecule has 3 rings (SSSR count). The van der Waals surface area contributed by atoms with E-state index in [4.69, 9.17) is 11.5 Å². The molecule has 1 amide bonds. The summed E-state index contributed by atoms with van der Waals surface area (Å²) in [5, 5.41) is 10.5. The molecule has 0 bridgehead atoms. The van der Waals surface area contributed by atoms with Gasteiger partial charge in [-0.05, 0) is 36.7 Å². The van der Waals surface area contributed by atoms with Crippen molar-refractivity contribution in [3.05, 3.63) is 54.1 Å². The Morgan fingerprint density at radius 1 is 1.22 bits per heavy atom. The monoisotopic (exact) mass is 309 g/mol. The molecule has 6 heteroatoms. The van der Waals surface area contributed by atoms with Crippen LogP contribution in [0.1, 0.15) is 17.9 Å². The second kappa shape index (κ2) is 6.50. The van der Waals surface area contributed by atoms with Gasteiger partial charge in [-0.3, -0.25) is 9.89 Å². The van der Waals surface area contributed by atoms with E-state index in [1.54, 1.807) is 0 Å². The highest BCUT2D eigenvalue weighted by Crippen LogP contribution is 2.25. The topological polar surface area (TPSA) is 110 Å². The lowest BCUT2D eigenvalue weighted by molar-refractivity contribution is -0.117. The van der Waals surface area contributed by atoms with E-state index in [-0.39, 0.29) is 11.8 Å². The first-order valence-electron chi connectivity index (χ1n) is 7.48. The molecule has 0 saturated carbocycles. The number of aromatic amines is 1. The molecule has 6 nitrogen and oxygen atoms in total. The Bertz CT molecular complexity index is 812. The van der Waals surface area contributed by atoms with E-state index in [1.165, 1.54) is 0 Å².